The van der Waals surface area contributed by atoms with Crippen LogP contribution in [0, 0.1) is 0 Å². The minimum Gasteiger partial charge on any atom is -0.380 e. The zero-order valence-electron chi connectivity index (χ0n) is 10.5. The summed E-state index contributed by atoms with van der Waals surface area (Å²) in [6, 6.07) is 0. The Morgan fingerprint density at radius 1 is 1.39 bits per heavy atom. The highest BCUT2D eigenvalue weighted by Crippen LogP contribution is 2.38. The summed E-state index contributed by atoms with van der Waals surface area (Å²) >= 11 is 0. The monoisotopic (exact) mass is 265 g/mol. The Labute approximate surface area is 104 Å². The topological polar surface area (TPSA) is 40.5 Å². The first-order chi connectivity index (χ1) is 8.21. The van der Waals surface area contributed by atoms with E-state index in [-0.39, 0.29) is 19.0 Å². The van der Waals surface area contributed by atoms with E-state index < -0.39 is 24.6 Å². The second-order valence-electron chi connectivity index (χ2n) is 4.62. The van der Waals surface area contributed by atoms with Crippen LogP contribution in [-0.4, -0.2) is 40.8 Å². The number of nitrogens with zero attached hydrogens (tertiary/aromatic N) is 1. The molecule has 0 saturated carbocycles. The zero-order chi connectivity index (χ0) is 14.0. The molecule has 3 nitrogen and oxygen atoms in total. The number of likely N-dealkylation sites (tertiary alicyclic amines) is 1. The van der Waals surface area contributed by atoms with Gasteiger partial charge in [0.05, 0.1) is 0 Å². The Morgan fingerprint density at radius 2 is 1.89 bits per heavy atom. The summed E-state index contributed by atoms with van der Waals surface area (Å²) < 4.78 is 37.7. The zero-order valence-corrected chi connectivity index (χ0v) is 10.5. The molecule has 1 aliphatic heterocycles. The molecule has 6 heteroatoms. The summed E-state index contributed by atoms with van der Waals surface area (Å²) in [5.74, 6) is -0.249. The Morgan fingerprint density at radius 3 is 2.28 bits per heavy atom. The lowest BCUT2D eigenvalue weighted by atomic mass is 9.90. The Balaban J connectivity index is 2.65. The van der Waals surface area contributed by atoms with Crippen LogP contribution >= 0.6 is 0 Å². The predicted molar refractivity (Wildman–Crippen MR) is 60.9 cm³/mol. The van der Waals surface area contributed by atoms with Gasteiger partial charge in [0.2, 0.25) is 5.91 Å². The van der Waals surface area contributed by atoms with Crippen LogP contribution in [0.5, 0.6) is 0 Å². The molecule has 1 aliphatic rings. The minimum atomic E-state index is -4.63. The summed E-state index contributed by atoms with van der Waals surface area (Å²) in [6.45, 7) is 3.40. The number of allylic oxidation sites excluding steroid dienone is 1. The maximum atomic E-state index is 12.6. The average Bonchev–Trinajstić information content (AvgIpc) is 2.28. The molecule has 18 heavy (non-hydrogen) atoms. The fraction of sp³-hybridized carbons (Fsp3) is 0.750. The highest BCUT2D eigenvalue weighted by molar-refractivity contribution is 5.92. The van der Waals surface area contributed by atoms with E-state index in [0.29, 0.717) is 12.0 Å². The lowest BCUT2D eigenvalue weighted by Crippen LogP contribution is -2.54. The van der Waals surface area contributed by atoms with Gasteiger partial charge in [-0.15, -0.1) is 0 Å². The molecule has 0 aromatic carbocycles. The number of piperidine rings is 1. The second-order valence-corrected chi connectivity index (χ2v) is 4.62. The molecular weight excluding hydrogens is 247 g/mol. The quantitative estimate of drug-likeness (QED) is 0.778. The van der Waals surface area contributed by atoms with Crippen molar-refractivity contribution in [2.45, 2.75) is 44.9 Å². The summed E-state index contributed by atoms with van der Waals surface area (Å²) in [5, 5.41) is 9.47. The van der Waals surface area contributed by atoms with Crippen LogP contribution in [0.15, 0.2) is 11.6 Å². The van der Waals surface area contributed by atoms with E-state index in [1.807, 2.05) is 6.92 Å². The fourth-order valence-electron chi connectivity index (χ4n) is 2.01. The number of alkyl halides is 3. The lowest BCUT2D eigenvalue weighted by molar-refractivity contribution is -0.271. The first-order valence-corrected chi connectivity index (χ1v) is 5.96. The predicted octanol–water partition coefficient (Wildman–Crippen LogP) is 2.26. The molecule has 1 rings (SSSR count). The van der Waals surface area contributed by atoms with Crippen molar-refractivity contribution in [3.63, 3.8) is 0 Å². The molecule has 0 atom stereocenters. The number of aliphatic hydroxyl groups is 1. The number of amides is 1. The van der Waals surface area contributed by atoms with E-state index in [0.717, 1.165) is 0 Å². The number of hydrogen-bond acceptors (Lipinski definition) is 2. The molecular formula is C12H18F3NO2. The molecule has 1 saturated heterocycles. The van der Waals surface area contributed by atoms with E-state index in [4.69, 9.17) is 0 Å². The SMILES string of the molecule is CC/C=C(/C)C(=O)N1CCC(O)(C(F)(F)F)CC1. The average molecular weight is 265 g/mol. The van der Waals surface area contributed by atoms with Crippen LogP contribution < -0.4 is 0 Å². The normalized spacial score (nSPS) is 21.0. The molecule has 1 amide bonds. The van der Waals surface area contributed by atoms with Gasteiger partial charge >= 0.3 is 6.18 Å². The van der Waals surface area contributed by atoms with E-state index in [1.165, 1.54) is 4.90 Å². The van der Waals surface area contributed by atoms with Gasteiger partial charge in [-0.1, -0.05) is 13.0 Å². The van der Waals surface area contributed by atoms with Crippen molar-refractivity contribution in [3.8, 4) is 0 Å². The van der Waals surface area contributed by atoms with Crippen LogP contribution in [0.25, 0.3) is 0 Å². The van der Waals surface area contributed by atoms with Crippen molar-refractivity contribution in [1.82, 2.24) is 4.90 Å². The van der Waals surface area contributed by atoms with Crippen molar-refractivity contribution in [2.24, 2.45) is 0 Å². The van der Waals surface area contributed by atoms with Crippen LogP contribution in [0.1, 0.15) is 33.1 Å². The molecule has 0 aromatic rings. The van der Waals surface area contributed by atoms with Crippen molar-refractivity contribution in [3.05, 3.63) is 11.6 Å². The van der Waals surface area contributed by atoms with Gasteiger partial charge in [-0.2, -0.15) is 13.2 Å². The first-order valence-electron chi connectivity index (χ1n) is 5.96. The number of rotatable bonds is 2. The highest BCUT2D eigenvalue weighted by Gasteiger charge is 2.54. The van der Waals surface area contributed by atoms with Crippen LogP contribution in [0.4, 0.5) is 13.2 Å². The van der Waals surface area contributed by atoms with Gasteiger partial charge in [0, 0.05) is 31.5 Å². The summed E-state index contributed by atoms with van der Waals surface area (Å²) in [5.41, 5.74) is -2.11. The number of hydrogen-bond donors (Lipinski definition) is 1. The van der Waals surface area contributed by atoms with Crippen molar-refractivity contribution >= 4 is 5.91 Å². The highest BCUT2D eigenvalue weighted by atomic mass is 19.4. The van der Waals surface area contributed by atoms with Crippen LogP contribution in [0.2, 0.25) is 0 Å². The molecule has 0 aromatic heterocycles. The Kier molecular flexibility index (Phi) is 4.42. The fourth-order valence-corrected chi connectivity index (χ4v) is 2.01. The van der Waals surface area contributed by atoms with E-state index >= 15 is 0 Å². The molecule has 0 bridgehead atoms. The lowest BCUT2D eigenvalue weighted by Gasteiger charge is -2.39. The largest absolute Gasteiger partial charge is 0.417 e. The van der Waals surface area contributed by atoms with Crippen molar-refractivity contribution in [1.29, 1.82) is 0 Å². The van der Waals surface area contributed by atoms with E-state index in [1.54, 1.807) is 13.0 Å². The standard InChI is InChI=1S/C12H18F3NO2/c1-3-4-9(2)10(17)16-7-5-11(18,6-8-16)12(13,14)15/h4,18H,3,5-8H2,1-2H3/b9-4-. The summed E-state index contributed by atoms with van der Waals surface area (Å²) in [7, 11) is 0. The summed E-state index contributed by atoms with van der Waals surface area (Å²) in [4.78, 5) is 13.2. The van der Waals surface area contributed by atoms with Gasteiger partial charge < -0.3 is 10.0 Å². The smallest absolute Gasteiger partial charge is 0.380 e. The van der Waals surface area contributed by atoms with Crippen molar-refractivity contribution < 1.29 is 23.1 Å². The molecule has 0 unspecified atom stereocenters. The van der Waals surface area contributed by atoms with Gasteiger partial charge in [-0.3, -0.25) is 4.79 Å². The number of carbonyl (C=O) groups excluding carboxylic acids is 1. The number of halogens is 3. The third-order valence-corrected chi connectivity index (χ3v) is 3.25. The number of carbonyl (C=O) groups is 1. The van der Waals surface area contributed by atoms with Gasteiger partial charge in [-0.05, 0) is 13.3 Å². The molecule has 1 heterocycles. The Hall–Kier alpha value is -1.04. The minimum absolute atomic E-state index is 0.0657. The molecule has 104 valence electrons. The molecule has 1 fully saturated rings. The van der Waals surface area contributed by atoms with Gasteiger partial charge in [0.25, 0.3) is 0 Å². The van der Waals surface area contributed by atoms with Gasteiger partial charge in [0.15, 0.2) is 5.60 Å². The van der Waals surface area contributed by atoms with Crippen molar-refractivity contribution in [2.75, 3.05) is 13.1 Å². The second kappa shape index (κ2) is 5.30. The molecule has 0 aliphatic carbocycles. The first kappa shape index (κ1) is 15.0. The van der Waals surface area contributed by atoms with E-state index in [2.05, 4.69) is 0 Å². The van der Waals surface area contributed by atoms with Crippen LogP contribution in [-0.2, 0) is 4.79 Å². The maximum absolute atomic E-state index is 12.6. The van der Waals surface area contributed by atoms with Gasteiger partial charge in [-0.25, -0.2) is 0 Å². The third-order valence-electron chi connectivity index (χ3n) is 3.25. The molecule has 0 spiro atoms. The van der Waals surface area contributed by atoms with Crippen LogP contribution in [0.3, 0.4) is 0 Å². The summed E-state index contributed by atoms with van der Waals surface area (Å²) in [6.07, 6.45) is -3.09. The Bertz CT molecular complexity index is 342. The van der Waals surface area contributed by atoms with E-state index in [9.17, 15) is 23.1 Å². The third kappa shape index (κ3) is 3.04. The van der Waals surface area contributed by atoms with Gasteiger partial charge in [0.1, 0.15) is 0 Å². The molecule has 1 N–H and O–H groups in total. The molecule has 0 radical (unpaired) electrons. The maximum Gasteiger partial charge on any atom is 0.417 e.